The van der Waals surface area contributed by atoms with E-state index in [4.69, 9.17) is 9.31 Å². The number of rotatable bonds is 3. The summed E-state index contributed by atoms with van der Waals surface area (Å²) in [5.41, 5.74) is -0.788. The number of halogens is 3. The number of aliphatic hydroxyl groups is 1. The van der Waals surface area contributed by atoms with E-state index >= 15 is 4.39 Å². The van der Waals surface area contributed by atoms with Gasteiger partial charge in [0, 0.05) is 23.1 Å². The molecule has 0 bridgehead atoms. The predicted molar refractivity (Wildman–Crippen MR) is 108 cm³/mol. The lowest BCUT2D eigenvalue weighted by Crippen LogP contribution is -2.41. The molecule has 30 heavy (non-hydrogen) atoms. The third-order valence-electron chi connectivity index (χ3n) is 5.88. The minimum Gasteiger partial charge on any atom is -0.399 e. The van der Waals surface area contributed by atoms with Crippen molar-refractivity contribution in [2.24, 2.45) is 0 Å². The van der Waals surface area contributed by atoms with Crippen LogP contribution in [-0.2, 0) is 9.31 Å². The van der Waals surface area contributed by atoms with Crippen LogP contribution in [0.5, 0.6) is 0 Å². The Morgan fingerprint density at radius 3 is 2.13 bits per heavy atom. The van der Waals surface area contributed by atoms with Gasteiger partial charge in [-0.25, -0.2) is 13.2 Å². The van der Waals surface area contributed by atoms with Gasteiger partial charge in [-0.1, -0.05) is 12.1 Å². The van der Waals surface area contributed by atoms with Gasteiger partial charge in [0.1, 0.15) is 23.6 Å². The van der Waals surface area contributed by atoms with Crippen molar-refractivity contribution in [3.63, 3.8) is 0 Å². The lowest BCUT2D eigenvalue weighted by molar-refractivity contribution is 0.00578. The molecule has 0 aliphatic carbocycles. The molecule has 2 aromatic carbocycles. The van der Waals surface area contributed by atoms with E-state index in [-0.39, 0.29) is 22.1 Å². The number of aromatic nitrogens is 1. The van der Waals surface area contributed by atoms with Crippen molar-refractivity contribution in [1.82, 2.24) is 4.98 Å². The maximum absolute atomic E-state index is 15.2. The average molecular weight is 415 g/mol. The summed E-state index contributed by atoms with van der Waals surface area (Å²) in [6.07, 6.45) is -0.0708. The monoisotopic (exact) mass is 415 g/mol. The van der Waals surface area contributed by atoms with Crippen molar-refractivity contribution >= 4 is 23.4 Å². The molecule has 2 heterocycles. The maximum Gasteiger partial charge on any atom is 0.497 e. The van der Waals surface area contributed by atoms with E-state index in [1.807, 2.05) is 27.7 Å². The molecule has 1 aliphatic heterocycles. The van der Waals surface area contributed by atoms with Crippen LogP contribution in [0.25, 0.3) is 10.8 Å². The SMILES string of the molecule is CC1(C)OB(c2ccc3cc(C(O)c4cc(F)cc(F)c4)ncc3c2F)OC1(C)C. The summed E-state index contributed by atoms with van der Waals surface area (Å²) in [6, 6.07) is 7.50. The second kappa shape index (κ2) is 7.08. The highest BCUT2D eigenvalue weighted by molar-refractivity contribution is 6.62. The zero-order chi connectivity index (χ0) is 21.8. The van der Waals surface area contributed by atoms with Gasteiger partial charge in [-0.05, 0) is 56.8 Å². The molecule has 1 unspecified atom stereocenters. The minimum absolute atomic E-state index is 0.0219. The Balaban J connectivity index is 1.70. The highest BCUT2D eigenvalue weighted by atomic mass is 19.1. The molecular weight excluding hydrogens is 394 g/mol. The summed E-state index contributed by atoms with van der Waals surface area (Å²) in [5.74, 6) is -2.14. The Kier molecular flexibility index (Phi) is 4.92. The topological polar surface area (TPSA) is 51.6 Å². The maximum atomic E-state index is 15.2. The van der Waals surface area contributed by atoms with Gasteiger partial charge in [0.2, 0.25) is 0 Å². The van der Waals surface area contributed by atoms with Crippen LogP contribution in [0.1, 0.15) is 45.1 Å². The van der Waals surface area contributed by atoms with Crippen LogP contribution < -0.4 is 5.46 Å². The standard InChI is InChI=1S/C22H21BF3NO3/c1-21(2)22(3,4)30-23(29-21)17-6-5-12-9-18(27-11-16(12)19(17)26)20(28)13-7-14(24)10-15(25)8-13/h5-11,20,28H,1-4H3. The third-order valence-corrected chi connectivity index (χ3v) is 5.88. The summed E-state index contributed by atoms with van der Waals surface area (Å²) in [6.45, 7) is 7.54. The lowest BCUT2D eigenvalue weighted by Gasteiger charge is -2.32. The lowest BCUT2D eigenvalue weighted by atomic mass is 9.77. The number of benzene rings is 2. The molecule has 4 rings (SSSR count). The summed E-state index contributed by atoms with van der Waals surface area (Å²) in [4.78, 5) is 4.11. The predicted octanol–water partition coefficient (Wildman–Crippen LogP) is 4.03. The molecule has 1 fully saturated rings. The molecule has 4 nitrogen and oxygen atoms in total. The van der Waals surface area contributed by atoms with Gasteiger partial charge in [0.25, 0.3) is 0 Å². The summed E-state index contributed by atoms with van der Waals surface area (Å²) >= 11 is 0. The molecule has 0 amide bonds. The van der Waals surface area contributed by atoms with E-state index in [9.17, 15) is 13.9 Å². The number of fused-ring (bicyclic) bond motifs is 1. The van der Waals surface area contributed by atoms with Crippen molar-refractivity contribution in [3.8, 4) is 0 Å². The van der Waals surface area contributed by atoms with E-state index in [0.29, 0.717) is 5.39 Å². The smallest absolute Gasteiger partial charge is 0.399 e. The van der Waals surface area contributed by atoms with E-state index in [2.05, 4.69) is 4.98 Å². The highest BCUT2D eigenvalue weighted by Crippen LogP contribution is 2.37. The van der Waals surface area contributed by atoms with Crippen LogP contribution in [0.3, 0.4) is 0 Å². The number of nitrogens with zero attached hydrogens (tertiary/aromatic N) is 1. The molecule has 0 saturated carbocycles. The normalized spacial score (nSPS) is 18.7. The molecule has 1 aliphatic rings. The van der Waals surface area contributed by atoms with Crippen molar-refractivity contribution in [1.29, 1.82) is 0 Å². The number of pyridine rings is 1. The van der Waals surface area contributed by atoms with Gasteiger partial charge >= 0.3 is 7.12 Å². The fourth-order valence-corrected chi connectivity index (χ4v) is 3.42. The summed E-state index contributed by atoms with van der Waals surface area (Å²) in [5, 5.41) is 11.2. The molecule has 1 N–H and O–H groups in total. The van der Waals surface area contributed by atoms with Gasteiger partial charge in [0.15, 0.2) is 0 Å². The van der Waals surface area contributed by atoms with Crippen molar-refractivity contribution < 1.29 is 27.6 Å². The quantitative estimate of drug-likeness (QED) is 0.657. The molecule has 0 spiro atoms. The van der Waals surface area contributed by atoms with Gasteiger partial charge in [-0.15, -0.1) is 0 Å². The molecule has 1 atom stereocenters. The van der Waals surface area contributed by atoms with E-state index in [1.165, 1.54) is 12.3 Å². The Labute approximate surface area is 172 Å². The van der Waals surface area contributed by atoms with E-state index in [1.54, 1.807) is 12.1 Å². The molecular formula is C22H21BF3NO3. The van der Waals surface area contributed by atoms with Crippen molar-refractivity contribution in [3.05, 3.63) is 71.3 Å². The molecule has 8 heteroatoms. The Morgan fingerprint density at radius 1 is 0.933 bits per heavy atom. The van der Waals surface area contributed by atoms with Gasteiger partial charge < -0.3 is 14.4 Å². The fraction of sp³-hybridized carbons (Fsp3) is 0.318. The first-order chi connectivity index (χ1) is 14.0. The molecule has 1 saturated heterocycles. The van der Waals surface area contributed by atoms with E-state index < -0.39 is 41.9 Å². The fourth-order valence-electron chi connectivity index (χ4n) is 3.42. The van der Waals surface area contributed by atoms with Crippen LogP contribution in [0, 0.1) is 17.5 Å². The molecule has 156 valence electrons. The first kappa shape index (κ1) is 20.8. The largest absolute Gasteiger partial charge is 0.497 e. The van der Waals surface area contributed by atoms with Crippen LogP contribution in [-0.4, -0.2) is 28.4 Å². The Hall–Kier alpha value is -2.42. The first-order valence-electron chi connectivity index (χ1n) is 9.56. The van der Waals surface area contributed by atoms with Gasteiger partial charge in [-0.3, -0.25) is 4.98 Å². The first-order valence-corrected chi connectivity index (χ1v) is 9.56. The number of hydrogen-bond acceptors (Lipinski definition) is 4. The van der Waals surface area contributed by atoms with Crippen molar-refractivity contribution in [2.45, 2.75) is 45.0 Å². The van der Waals surface area contributed by atoms with E-state index in [0.717, 1.165) is 18.2 Å². The molecule has 3 aromatic rings. The minimum atomic E-state index is -1.36. The third kappa shape index (κ3) is 3.49. The summed E-state index contributed by atoms with van der Waals surface area (Å²) < 4.78 is 54.0. The number of hydrogen-bond donors (Lipinski definition) is 1. The van der Waals surface area contributed by atoms with Crippen LogP contribution in [0.4, 0.5) is 13.2 Å². The van der Waals surface area contributed by atoms with Crippen LogP contribution in [0.15, 0.2) is 42.6 Å². The highest BCUT2D eigenvalue weighted by Gasteiger charge is 2.52. The van der Waals surface area contributed by atoms with Crippen molar-refractivity contribution in [2.75, 3.05) is 0 Å². The van der Waals surface area contributed by atoms with Crippen LogP contribution >= 0.6 is 0 Å². The van der Waals surface area contributed by atoms with Gasteiger partial charge in [-0.2, -0.15) is 0 Å². The second-order valence-electron chi connectivity index (χ2n) is 8.49. The average Bonchev–Trinajstić information content (AvgIpc) is 2.87. The zero-order valence-electron chi connectivity index (χ0n) is 17.0. The second-order valence-corrected chi connectivity index (χ2v) is 8.49. The summed E-state index contributed by atoms with van der Waals surface area (Å²) in [7, 11) is -0.861. The zero-order valence-corrected chi connectivity index (χ0v) is 17.0. The molecule has 0 radical (unpaired) electrons. The van der Waals surface area contributed by atoms with Crippen LogP contribution in [0.2, 0.25) is 0 Å². The molecule has 1 aromatic heterocycles. The van der Waals surface area contributed by atoms with Gasteiger partial charge in [0.05, 0.1) is 16.9 Å². The number of aliphatic hydroxyl groups excluding tert-OH is 1. The Morgan fingerprint density at radius 2 is 1.53 bits per heavy atom. The Bertz CT molecular complexity index is 1100.